The van der Waals surface area contributed by atoms with Gasteiger partial charge in [0.25, 0.3) is 0 Å². The number of ether oxygens (including phenoxy) is 1. The van der Waals surface area contributed by atoms with Crippen molar-refractivity contribution in [2.24, 2.45) is 7.05 Å². The third-order valence-corrected chi connectivity index (χ3v) is 8.26. The van der Waals surface area contributed by atoms with Gasteiger partial charge in [0, 0.05) is 51.7 Å². The van der Waals surface area contributed by atoms with Crippen LogP contribution in [0, 0.1) is 0 Å². The minimum atomic E-state index is -1.17. The fourth-order valence-corrected chi connectivity index (χ4v) is 5.35. The van der Waals surface area contributed by atoms with Gasteiger partial charge in [0.1, 0.15) is 18.2 Å². The summed E-state index contributed by atoms with van der Waals surface area (Å²) in [4.78, 5) is 23.0. The van der Waals surface area contributed by atoms with Gasteiger partial charge in [-0.05, 0) is 45.7 Å². The van der Waals surface area contributed by atoms with Gasteiger partial charge in [-0.15, -0.1) is 0 Å². The van der Waals surface area contributed by atoms with Gasteiger partial charge in [0.15, 0.2) is 0 Å². The van der Waals surface area contributed by atoms with Crippen LogP contribution >= 0.6 is 0 Å². The maximum absolute atomic E-state index is 11.9. The Morgan fingerprint density at radius 1 is 1.27 bits per heavy atom. The summed E-state index contributed by atoms with van der Waals surface area (Å²) in [5.74, 6) is 1.18. The van der Waals surface area contributed by atoms with Crippen LogP contribution < -0.4 is 10.6 Å². The SMILES string of the molecule is Cn1cc(Nc2nc(NC3CC(N(C(=O)O)C(C)(C)C)C3)c3ccn(COCC[Si](C)(C)C)c3n2)cn1. The summed E-state index contributed by atoms with van der Waals surface area (Å²) in [5.41, 5.74) is 1.12. The van der Waals surface area contributed by atoms with Gasteiger partial charge in [0.05, 0.1) is 17.3 Å². The molecule has 0 aliphatic heterocycles. The fraction of sp³-hybridized carbons (Fsp3) is 0.600. The predicted octanol–water partition coefficient (Wildman–Crippen LogP) is 4.94. The molecular weight excluding hydrogens is 488 g/mol. The van der Waals surface area contributed by atoms with Gasteiger partial charge < -0.3 is 29.9 Å². The van der Waals surface area contributed by atoms with Crippen LogP contribution in [-0.4, -0.2) is 72.7 Å². The maximum atomic E-state index is 11.9. The summed E-state index contributed by atoms with van der Waals surface area (Å²) in [7, 11) is 0.688. The van der Waals surface area contributed by atoms with Crippen LogP contribution in [0.4, 0.5) is 22.2 Å². The van der Waals surface area contributed by atoms with Crippen molar-refractivity contribution in [1.82, 2.24) is 29.2 Å². The van der Waals surface area contributed by atoms with Gasteiger partial charge in [-0.1, -0.05) is 19.6 Å². The van der Waals surface area contributed by atoms with Gasteiger partial charge in [-0.25, -0.2) is 4.79 Å². The predicted molar refractivity (Wildman–Crippen MR) is 148 cm³/mol. The van der Waals surface area contributed by atoms with Crippen LogP contribution in [-0.2, 0) is 18.5 Å². The highest BCUT2D eigenvalue weighted by Crippen LogP contribution is 2.34. The highest BCUT2D eigenvalue weighted by atomic mass is 28.3. The van der Waals surface area contributed by atoms with Crippen molar-refractivity contribution >= 4 is 42.7 Å². The molecule has 0 bridgehead atoms. The molecule has 1 fully saturated rings. The van der Waals surface area contributed by atoms with E-state index in [9.17, 15) is 9.90 Å². The molecule has 37 heavy (non-hydrogen) atoms. The van der Waals surface area contributed by atoms with Gasteiger partial charge in [0.2, 0.25) is 5.95 Å². The Bertz CT molecular complexity index is 1240. The molecule has 0 radical (unpaired) electrons. The summed E-state index contributed by atoms with van der Waals surface area (Å²) >= 11 is 0. The summed E-state index contributed by atoms with van der Waals surface area (Å²) in [6, 6.07) is 3.20. The Morgan fingerprint density at radius 3 is 2.59 bits per heavy atom. The van der Waals surface area contributed by atoms with E-state index < -0.39 is 19.7 Å². The molecule has 0 unspecified atom stereocenters. The lowest BCUT2D eigenvalue weighted by atomic mass is 9.83. The normalized spacial score (nSPS) is 18.0. The molecule has 3 aromatic rings. The lowest BCUT2D eigenvalue weighted by Gasteiger charge is -2.47. The summed E-state index contributed by atoms with van der Waals surface area (Å²) < 4.78 is 9.71. The number of anilines is 3. The number of aryl methyl sites for hydroxylation is 1. The molecule has 0 aromatic carbocycles. The van der Waals surface area contributed by atoms with Crippen LogP contribution in [0.2, 0.25) is 25.7 Å². The first-order valence-electron chi connectivity index (χ1n) is 12.8. The molecule has 11 nitrogen and oxygen atoms in total. The van der Waals surface area contributed by atoms with Crippen molar-refractivity contribution in [3.8, 4) is 0 Å². The Balaban J connectivity index is 1.54. The largest absolute Gasteiger partial charge is 0.465 e. The molecule has 4 rings (SSSR count). The molecule has 1 aliphatic carbocycles. The van der Waals surface area contributed by atoms with E-state index in [1.165, 1.54) is 0 Å². The number of hydrogen-bond acceptors (Lipinski definition) is 7. The van der Waals surface area contributed by atoms with Crippen LogP contribution in [0.25, 0.3) is 11.0 Å². The zero-order chi connectivity index (χ0) is 27.0. The monoisotopic (exact) mass is 528 g/mol. The van der Waals surface area contributed by atoms with Crippen molar-refractivity contribution in [1.29, 1.82) is 0 Å². The van der Waals surface area contributed by atoms with E-state index in [0.717, 1.165) is 48.0 Å². The molecule has 1 saturated carbocycles. The second-order valence-electron chi connectivity index (χ2n) is 12.1. The molecule has 0 spiro atoms. The Kier molecular flexibility index (Phi) is 7.52. The molecule has 12 heteroatoms. The van der Waals surface area contributed by atoms with E-state index in [2.05, 4.69) is 35.4 Å². The molecular formula is C25H40N8O3Si. The fourth-order valence-electron chi connectivity index (χ4n) is 4.59. The van der Waals surface area contributed by atoms with Crippen molar-refractivity contribution in [3.05, 3.63) is 24.7 Å². The minimum absolute atomic E-state index is 0.0234. The lowest BCUT2D eigenvalue weighted by molar-refractivity contribution is 0.0379. The molecule has 3 aromatic heterocycles. The number of fused-ring (bicyclic) bond motifs is 1. The van der Waals surface area contributed by atoms with E-state index >= 15 is 0 Å². The number of carboxylic acid groups (broad SMARTS) is 1. The van der Waals surface area contributed by atoms with Gasteiger partial charge >= 0.3 is 6.09 Å². The molecule has 3 N–H and O–H groups in total. The third kappa shape index (κ3) is 6.61. The van der Waals surface area contributed by atoms with Gasteiger partial charge in [-0.2, -0.15) is 15.1 Å². The number of nitrogens with zero attached hydrogens (tertiary/aromatic N) is 6. The highest BCUT2D eigenvalue weighted by molar-refractivity contribution is 6.76. The van der Waals surface area contributed by atoms with E-state index in [4.69, 9.17) is 14.7 Å². The minimum Gasteiger partial charge on any atom is -0.465 e. The smallest absolute Gasteiger partial charge is 0.407 e. The zero-order valence-corrected chi connectivity index (χ0v) is 23.9. The number of carbonyl (C=O) groups is 1. The van der Waals surface area contributed by atoms with Gasteiger partial charge in [-0.3, -0.25) is 4.68 Å². The molecule has 3 heterocycles. The number of hydrogen-bond donors (Lipinski definition) is 3. The summed E-state index contributed by atoms with van der Waals surface area (Å²) in [6.45, 7) is 14.0. The van der Waals surface area contributed by atoms with Crippen LogP contribution in [0.5, 0.6) is 0 Å². The third-order valence-electron chi connectivity index (χ3n) is 6.55. The molecule has 0 atom stereocenters. The first kappa shape index (κ1) is 26.9. The number of nitrogens with one attached hydrogen (secondary N) is 2. The highest BCUT2D eigenvalue weighted by Gasteiger charge is 2.41. The van der Waals surface area contributed by atoms with E-state index in [1.807, 2.05) is 50.8 Å². The molecule has 1 amide bonds. The van der Waals surface area contributed by atoms with Crippen LogP contribution in [0.3, 0.4) is 0 Å². The second kappa shape index (κ2) is 10.3. The van der Waals surface area contributed by atoms with E-state index in [-0.39, 0.29) is 12.1 Å². The topological polar surface area (TPSA) is 122 Å². The van der Waals surface area contributed by atoms with E-state index in [0.29, 0.717) is 12.7 Å². The first-order valence-corrected chi connectivity index (χ1v) is 16.5. The Labute approximate surface area is 219 Å². The number of amides is 1. The second-order valence-corrected chi connectivity index (χ2v) is 17.7. The first-order chi connectivity index (χ1) is 17.3. The maximum Gasteiger partial charge on any atom is 0.407 e. The average molecular weight is 529 g/mol. The molecule has 0 saturated heterocycles. The van der Waals surface area contributed by atoms with E-state index in [1.54, 1.807) is 15.8 Å². The molecule has 1 aliphatic rings. The van der Waals surface area contributed by atoms with Crippen molar-refractivity contribution < 1.29 is 14.6 Å². The summed E-state index contributed by atoms with van der Waals surface area (Å²) in [6.07, 6.45) is 6.13. The summed E-state index contributed by atoms with van der Waals surface area (Å²) in [5, 5.41) is 21.6. The molecule has 202 valence electrons. The quantitative estimate of drug-likeness (QED) is 0.250. The standard InChI is InChI=1S/C25H40N8O3Si/c1-25(2,3)33(24(34)35)19-12-17(13-19)27-21-20-8-9-32(16-36-10-11-37(5,6)7)22(20)30-23(29-21)28-18-14-26-31(4)15-18/h8-9,14-15,17,19H,10-13,16H2,1-7H3,(H,34,35)(H2,27,28,29,30). The number of rotatable bonds is 10. The Hall–Kier alpha value is -3.12. The zero-order valence-electron chi connectivity index (χ0n) is 22.9. The number of aromatic nitrogens is 5. The van der Waals surface area contributed by atoms with Crippen molar-refractivity contribution in [2.45, 2.75) is 83.7 Å². The van der Waals surface area contributed by atoms with Crippen molar-refractivity contribution in [2.75, 3.05) is 17.2 Å². The lowest BCUT2D eigenvalue weighted by Crippen LogP contribution is -2.58. The van der Waals surface area contributed by atoms with Crippen molar-refractivity contribution in [3.63, 3.8) is 0 Å². The van der Waals surface area contributed by atoms with Crippen LogP contribution in [0.15, 0.2) is 24.7 Å². The van der Waals surface area contributed by atoms with Crippen LogP contribution in [0.1, 0.15) is 33.6 Å². The Morgan fingerprint density at radius 2 is 2.00 bits per heavy atom. The average Bonchev–Trinajstić information content (AvgIpc) is 3.33.